The summed E-state index contributed by atoms with van der Waals surface area (Å²) in [7, 11) is 2.05. The summed E-state index contributed by atoms with van der Waals surface area (Å²) in [4.78, 5) is 2.19. The standard InChI is InChI=1S/C16H27FN2/c1-5-18-11-14-6-7-16(17)15(10-14)12-19(4)9-8-13(2)3/h6-7,10,13,18H,5,8-9,11-12H2,1-4H3. The quantitative estimate of drug-likeness (QED) is 0.775. The number of nitrogens with one attached hydrogen (secondary N) is 1. The minimum atomic E-state index is -0.100. The molecule has 0 fully saturated rings. The van der Waals surface area contributed by atoms with Crippen LogP contribution in [0.5, 0.6) is 0 Å². The lowest BCUT2D eigenvalue weighted by atomic mass is 10.1. The Morgan fingerprint density at radius 2 is 2.05 bits per heavy atom. The van der Waals surface area contributed by atoms with Crippen LogP contribution in [0.3, 0.4) is 0 Å². The van der Waals surface area contributed by atoms with E-state index in [0.29, 0.717) is 12.5 Å². The van der Waals surface area contributed by atoms with Gasteiger partial charge in [0.2, 0.25) is 0 Å². The van der Waals surface area contributed by atoms with Crippen molar-refractivity contribution in [2.75, 3.05) is 20.1 Å². The molecule has 0 radical (unpaired) electrons. The maximum absolute atomic E-state index is 13.8. The molecular weight excluding hydrogens is 239 g/mol. The largest absolute Gasteiger partial charge is 0.313 e. The first-order chi connectivity index (χ1) is 9.02. The summed E-state index contributed by atoms with van der Waals surface area (Å²) >= 11 is 0. The topological polar surface area (TPSA) is 15.3 Å². The van der Waals surface area contributed by atoms with Gasteiger partial charge in [-0.2, -0.15) is 0 Å². The Labute approximate surface area is 117 Å². The highest BCUT2D eigenvalue weighted by Crippen LogP contribution is 2.13. The summed E-state index contributed by atoms with van der Waals surface area (Å²) in [6, 6.07) is 5.41. The monoisotopic (exact) mass is 266 g/mol. The van der Waals surface area contributed by atoms with Crippen LogP contribution in [0.2, 0.25) is 0 Å². The smallest absolute Gasteiger partial charge is 0.127 e. The molecule has 2 nitrogen and oxygen atoms in total. The number of nitrogens with zero attached hydrogens (tertiary/aromatic N) is 1. The van der Waals surface area contributed by atoms with Gasteiger partial charge in [0.05, 0.1) is 0 Å². The van der Waals surface area contributed by atoms with E-state index in [1.165, 1.54) is 0 Å². The van der Waals surface area contributed by atoms with E-state index in [1.807, 2.05) is 12.1 Å². The zero-order valence-corrected chi connectivity index (χ0v) is 12.7. The Morgan fingerprint density at radius 3 is 2.68 bits per heavy atom. The van der Waals surface area contributed by atoms with E-state index in [9.17, 15) is 4.39 Å². The van der Waals surface area contributed by atoms with Gasteiger partial charge in [-0.15, -0.1) is 0 Å². The number of hydrogen-bond acceptors (Lipinski definition) is 2. The van der Waals surface area contributed by atoms with Crippen LogP contribution in [0.4, 0.5) is 4.39 Å². The van der Waals surface area contributed by atoms with Gasteiger partial charge in [-0.3, -0.25) is 0 Å². The van der Waals surface area contributed by atoms with Gasteiger partial charge in [-0.25, -0.2) is 4.39 Å². The van der Waals surface area contributed by atoms with Gasteiger partial charge < -0.3 is 10.2 Å². The molecular formula is C16H27FN2. The predicted octanol–water partition coefficient (Wildman–Crippen LogP) is 3.41. The van der Waals surface area contributed by atoms with Crippen LogP contribution in [-0.2, 0) is 13.1 Å². The Balaban J connectivity index is 2.60. The maximum atomic E-state index is 13.8. The average Bonchev–Trinajstić information content (AvgIpc) is 2.37. The summed E-state index contributed by atoms with van der Waals surface area (Å²) in [6.45, 7) is 9.93. The lowest BCUT2D eigenvalue weighted by Gasteiger charge is -2.18. The third kappa shape index (κ3) is 6.17. The second kappa shape index (κ2) is 8.28. The molecule has 1 N–H and O–H groups in total. The van der Waals surface area contributed by atoms with E-state index < -0.39 is 0 Å². The molecule has 1 aromatic rings. The van der Waals surface area contributed by atoms with Crippen molar-refractivity contribution in [1.82, 2.24) is 10.2 Å². The van der Waals surface area contributed by atoms with Crippen LogP contribution < -0.4 is 5.32 Å². The van der Waals surface area contributed by atoms with Crippen molar-refractivity contribution in [2.24, 2.45) is 5.92 Å². The normalized spacial score (nSPS) is 11.5. The molecule has 0 aromatic heterocycles. The van der Waals surface area contributed by atoms with Crippen molar-refractivity contribution < 1.29 is 4.39 Å². The lowest BCUT2D eigenvalue weighted by molar-refractivity contribution is 0.299. The molecule has 0 bridgehead atoms. The van der Waals surface area contributed by atoms with E-state index in [2.05, 4.69) is 38.0 Å². The Bertz CT molecular complexity index is 377. The molecule has 0 aliphatic rings. The molecule has 3 heteroatoms. The van der Waals surface area contributed by atoms with Crippen molar-refractivity contribution in [3.05, 3.63) is 35.1 Å². The van der Waals surface area contributed by atoms with Crippen LogP contribution in [0.15, 0.2) is 18.2 Å². The zero-order chi connectivity index (χ0) is 14.3. The van der Waals surface area contributed by atoms with Crippen LogP contribution in [0.25, 0.3) is 0 Å². The average molecular weight is 266 g/mol. The number of halogens is 1. The Hall–Kier alpha value is -0.930. The molecule has 0 unspecified atom stereocenters. The molecule has 0 saturated heterocycles. The summed E-state index contributed by atoms with van der Waals surface area (Å²) < 4.78 is 13.8. The van der Waals surface area contributed by atoms with Crippen LogP contribution in [0, 0.1) is 11.7 Å². The molecule has 108 valence electrons. The van der Waals surface area contributed by atoms with Crippen LogP contribution >= 0.6 is 0 Å². The molecule has 0 saturated carbocycles. The van der Waals surface area contributed by atoms with Gasteiger partial charge in [0.15, 0.2) is 0 Å². The van der Waals surface area contributed by atoms with Crippen molar-refractivity contribution >= 4 is 0 Å². The summed E-state index contributed by atoms with van der Waals surface area (Å²) in [5.74, 6) is 0.587. The predicted molar refractivity (Wildman–Crippen MR) is 79.6 cm³/mol. The highest BCUT2D eigenvalue weighted by molar-refractivity contribution is 5.25. The highest BCUT2D eigenvalue weighted by atomic mass is 19.1. The summed E-state index contributed by atoms with van der Waals surface area (Å²) in [5, 5.41) is 3.27. The molecule has 0 aliphatic heterocycles. The third-order valence-corrected chi connectivity index (χ3v) is 3.22. The molecule has 0 amide bonds. The third-order valence-electron chi connectivity index (χ3n) is 3.22. The molecule has 0 atom stereocenters. The van der Waals surface area contributed by atoms with Crippen molar-refractivity contribution in [3.63, 3.8) is 0 Å². The minimum Gasteiger partial charge on any atom is -0.313 e. The van der Waals surface area contributed by atoms with E-state index in [0.717, 1.165) is 37.2 Å². The summed E-state index contributed by atoms with van der Waals surface area (Å²) in [6.07, 6.45) is 1.15. The second-order valence-corrected chi connectivity index (χ2v) is 5.63. The fourth-order valence-corrected chi connectivity index (χ4v) is 1.98. The second-order valence-electron chi connectivity index (χ2n) is 5.63. The van der Waals surface area contributed by atoms with Crippen molar-refractivity contribution in [2.45, 2.75) is 40.3 Å². The fraction of sp³-hybridized carbons (Fsp3) is 0.625. The minimum absolute atomic E-state index is 0.100. The zero-order valence-electron chi connectivity index (χ0n) is 12.7. The molecule has 1 aromatic carbocycles. The van der Waals surface area contributed by atoms with Crippen LogP contribution in [0.1, 0.15) is 38.3 Å². The lowest BCUT2D eigenvalue weighted by Crippen LogP contribution is -2.21. The Morgan fingerprint density at radius 1 is 1.32 bits per heavy atom. The van der Waals surface area contributed by atoms with E-state index in [-0.39, 0.29) is 5.82 Å². The van der Waals surface area contributed by atoms with Gasteiger partial charge >= 0.3 is 0 Å². The van der Waals surface area contributed by atoms with Gasteiger partial charge in [-0.1, -0.05) is 32.9 Å². The van der Waals surface area contributed by atoms with Gasteiger partial charge in [0, 0.05) is 18.7 Å². The maximum Gasteiger partial charge on any atom is 0.127 e. The van der Waals surface area contributed by atoms with Crippen molar-refractivity contribution in [1.29, 1.82) is 0 Å². The highest BCUT2D eigenvalue weighted by Gasteiger charge is 2.07. The summed E-state index contributed by atoms with van der Waals surface area (Å²) in [5.41, 5.74) is 1.94. The van der Waals surface area contributed by atoms with E-state index in [1.54, 1.807) is 6.07 Å². The fourth-order valence-electron chi connectivity index (χ4n) is 1.98. The first kappa shape index (κ1) is 16.1. The SMILES string of the molecule is CCNCc1ccc(F)c(CN(C)CCC(C)C)c1. The number of rotatable bonds is 8. The molecule has 0 aliphatic carbocycles. The van der Waals surface area contributed by atoms with E-state index >= 15 is 0 Å². The first-order valence-corrected chi connectivity index (χ1v) is 7.19. The molecule has 0 heterocycles. The van der Waals surface area contributed by atoms with Crippen molar-refractivity contribution in [3.8, 4) is 0 Å². The molecule has 1 rings (SSSR count). The molecule has 0 spiro atoms. The van der Waals surface area contributed by atoms with E-state index in [4.69, 9.17) is 0 Å². The Kier molecular flexibility index (Phi) is 7.03. The number of benzene rings is 1. The molecule has 19 heavy (non-hydrogen) atoms. The van der Waals surface area contributed by atoms with Gasteiger partial charge in [0.1, 0.15) is 5.82 Å². The first-order valence-electron chi connectivity index (χ1n) is 7.19. The van der Waals surface area contributed by atoms with Gasteiger partial charge in [-0.05, 0) is 44.1 Å². The van der Waals surface area contributed by atoms with Gasteiger partial charge in [0.25, 0.3) is 0 Å². The van der Waals surface area contributed by atoms with Crippen LogP contribution in [-0.4, -0.2) is 25.0 Å². The number of hydrogen-bond donors (Lipinski definition) is 1.